The second-order valence-electron chi connectivity index (χ2n) is 8.17. The number of methoxy groups -OCH3 is 1. The molecule has 2 aliphatic rings. The van der Waals surface area contributed by atoms with Crippen molar-refractivity contribution >= 4 is 17.8 Å². The lowest BCUT2D eigenvalue weighted by atomic mass is 10.00. The van der Waals surface area contributed by atoms with E-state index >= 15 is 0 Å². The van der Waals surface area contributed by atoms with E-state index in [4.69, 9.17) is 23.7 Å². The van der Waals surface area contributed by atoms with Gasteiger partial charge in [-0.3, -0.25) is 4.79 Å². The smallest absolute Gasteiger partial charge is 0.343 e. The Bertz CT molecular complexity index is 884. The first-order chi connectivity index (χ1) is 14.7. The topological polar surface area (TPSA) is 80.3 Å². The fourth-order valence-corrected chi connectivity index (χ4v) is 3.61. The first-order valence-corrected chi connectivity index (χ1v) is 10.4. The predicted octanol–water partition coefficient (Wildman–Crippen LogP) is 4.06. The molecule has 168 valence electrons. The maximum absolute atomic E-state index is 13.0. The molecule has 1 saturated heterocycles. The van der Waals surface area contributed by atoms with Crippen LogP contribution < -0.4 is 4.74 Å². The Hall–Kier alpha value is -2.48. The van der Waals surface area contributed by atoms with Gasteiger partial charge in [0.1, 0.15) is 23.5 Å². The second-order valence-corrected chi connectivity index (χ2v) is 8.17. The molecule has 0 spiro atoms. The van der Waals surface area contributed by atoms with Gasteiger partial charge in [-0.05, 0) is 51.3 Å². The van der Waals surface area contributed by atoms with Gasteiger partial charge in [0.25, 0.3) is 0 Å². The van der Waals surface area contributed by atoms with Crippen LogP contribution in [-0.2, 0) is 23.7 Å². The van der Waals surface area contributed by atoms with Crippen molar-refractivity contribution in [3.63, 3.8) is 0 Å². The van der Waals surface area contributed by atoms with Crippen LogP contribution in [0.15, 0.2) is 35.9 Å². The highest BCUT2D eigenvalue weighted by molar-refractivity contribution is 5.97. The molecule has 1 fully saturated rings. The third-order valence-electron chi connectivity index (χ3n) is 5.31. The Morgan fingerprint density at radius 3 is 2.71 bits per heavy atom. The van der Waals surface area contributed by atoms with Crippen LogP contribution in [0.25, 0.3) is 6.08 Å². The lowest BCUT2D eigenvalue weighted by molar-refractivity contribution is -0.154. The number of hydrogen-bond donors (Lipinski definition) is 0. The van der Waals surface area contributed by atoms with E-state index in [1.54, 1.807) is 39.0 Å². The van der Waals surface area contributed by atoms with Gasteiger partial charge in [-0.15, -0.1) is 0 Å². The van der Waals surface area contributed by atoms with Crippen molar-refractivity contribution < 1.29 is 33.3 Å². The summed E-state index contributed by atoms with van der Waals surface area (Å²) in [5.74, 6) is -1.02. The summed E-state index contributed by atoms with van der Waals surface area (Å²) in [7, 11) is 1.51. The number of esters is 1. The summed E-state index contributed by atoms with van der Waals surface area (Å²) in [4.78, 5) is 25.8. The van der Waals surface area contributed by atoms with Gasteiger partial charge in [0.15, 0.2) is 18.4 Å². The molecule has 31 heavy (non-hydrogen) atoms. The van der Waals surface area contributed by atoms with Crippen molar-refractivity contribution in [3.8, 4) is 5.75 Å². The summed E-state index contributed by atoms with van der Waals surface area (Å²) < 4.78 is 28.1. The number of ether oxygens (including phenoxy) is 5. The summed E-state index contributed by atoms with van der Waals surface area (Å²) in [6.07, 6.45) is 4.53. The van der Waals surface area contributed by atoms with E-state index in [-0.39, 0.29) is 19.0 Å². The van der Waals surface area contributed by atoms with Crippen molar-refractivity contribution in [2.75, 3.05) is 13.9 Å². The molecule has 0 amide bonds. The summed E-state index contributed by atoms with van der Waals surface area (Å²) in [5.41, 5.74) is 1.75. The molecule has 1 aromatic carbocycles. The minimum Gasteiger partial charge on any atom is -0.467 e. The predicted molar refractivity (Wildman–Crippen MR) is 115 cm³/mol. The van der Waals surface area contributed by atoms with Crippen molar-refractivity contribution in [1.29, 1.82) is 0 Å². The molecular weight excluding hydrogens is 400 g/mol. The molecule has 7 heteroatoms. The molecule has 0 radical (unpaired) electrons. The Kier molecular flexibility index (Phi) is 7.30. The molecule has 3 atom stereocenters. The van der Waals surface area contributed by atoms with Crippen LogP contribution in [0, 0.1) is 0 Å². The Labute approximate surface area is 183 Å². The van der Waals surface area contributed by atoms with Crippen molar-refractivity contribution in [2.24, 2.45) is 0 Å². The van der Waals surface area contributed by atoms with E-state index in [9.17, 15) is 9.59 Å². The van der Waals surface area contributed by atoms with Crippen LogP contribution in [0.5, 0.6) is 5.75 Å². The van der Waals surface area contributed by atoms with E-state index in [0.717, 1.165) is 5.57 Å². The minimum absolute atomic E-state index is 0.00799. The molecule has 0 unspecified atom stereocenters. The van der Waals surface area contributed by atoms with Gasteiger partial charge >= 0.3 is 5.97 Å². The van der Waals surface area contributed by atoms with Gasteiger partial charge in [0.2, 0.25) is 0 Å². The number of carbonyl (C=O) groups is 2. The zero-order valence-electron chi connectivity index (χ0n) is 18.7. The number of allylic oxidation sites excluding steroid dienone is 1. The molecular formula is C24H30O7. The molecule has 2 aliphatic heterocycles. The highest BCUT2D eigenvalue weighted by Crippen LogP contribution is 2.32. The van der Waals surface area contributed by atoms with Gasteiger partial charge in [0, 0.05) is 13.5 Å². The summed E-state index contributed by atoms with van der Waals surface area (Å²) in [6, 6.07) is 5.31. The zero-order valence-corrected chi connectivity index (χ0v) is 18.7. The largest absolute Gasteiger partial charge is 0.467 e. The molecule has 0 bridgehead atoms. The number of ketones is 1. The molecule has 0 aromatic heterocycles. The van der Waals surface area contributed by atoms with E-state index in [0.29, 0.717) is 23.3 Å². The van der Waals surface area contributed by atoms with E-state index in [2.05, 4.69) is 0 Å². The summed E-state index contributed by atoms with van der Waals surface area (Å²) in [5, 5.41) is 0. The number of Topliss-reactive ketones (excluding diaryl/α,β-unsaturated/α-hetero) is 1. The number of hydrogen-bond acceptors (Lipinski definition) is 7. The molecule has 3 rings (SSSR count). The van der Waals surface area contributed by atoms with E-state index in [1.807, 2.05) is 25.1 Å². The average Bonchev–Trinajstić information content (AvgIpc) is 3.03. The molecule has 0 N–H and O–H groups in total. The van der Waals surface area contributed by atoms with Crippen LogP contribution in [0.1, 0.15) is 56.5 Å². The van der Waals surface area contributed by atoms with Crippen LogP contribution in [0.2, 0.25) is 0 Å². The number of rotatable bonds is 3. The van der Waals surface area contributed by atoms with Crippen LogP contribution in [0.4, 0.5) is 0 Å². The van der Waals surface area contributed by atoms with E-state index < -0.39 is 30.1 Å². The summed E-state index contributed by atoms with van der Waals surface area (Å²) in [6.45, 7) is 7.22. The maximum atomic E-state index is 13.0. The highest BCUT2D eigenvalue weighted by Gasteiger charge is 2.43. The van der Waals surface area contributed by atoms with Crippen LogP contribution in [0.3, 0.4) is 0 Å². The van der Waals surface area contributed by atoms with Gasteiger partial charge in [-0.2, -0.15) is 0 Å². The maximum Gasteiger partial charge on any atom is 0.343 e. The second kappa shape index (κ2) is 9.77. The first kappa shape index (κ1) is 23.2. The highest BCUT2D eigenvalue weighted by atomic mass is 16.8. The lowest BCUT2D eigenvalue weighted by Gasteiger charge is -2.19. The quantitative estimate of drug-likeness (QED) is 0.406. The third-order valence-corrected chi connectivity index (χ3v) is 5.31. The Morgan fingerprint density at radius 1 is 1.19 bits per heavy atom. The monoisotopic (exact) mass is 430 g/mol. The first-order valence-electron chi connectivity index (χ1n) is 10.4. The van der Waals surface area contributed by atoms with Crippen molar-refractivity contribution in [3.05, 3.63) is 47.1 Å². The zero-order chi connectivity index (χ0) is 22.6. The fourth-order valence-electron chi connectivity index (χ4n) is 3.61. The molecule has 0 aliphatic carbocycles. The van der Waals surface area contributed by atoms with Crippen molar-refractivity contribution in [1.82, 2.24) is 0 Å². The van der Waals surface area contributed by atoms with Crippen LogP contribution in [-0.4, -0.2) is 49.8 Å². The normalized spacial score (nSPS) is 26.4. The molecule has 1 aromatic rings. The van der Waals surface area contributed by atoms with E-state index in [1.165, 1.54) is 7.11 Å². The number of cyclic esters (lactones) is 1. The van der Waals surface area contributed by atoms with Crippen molar-refractivity contribution in [2.45, 2.75) is 64.6 Å². The van der Waals surface area contributed by atoms with Gasteiger partial charge in [-0.1, -0.05) is 30.4 Å². The number of fused-ring (bicyclic) bond motifs is 2. The molecule has 7 nitrogen and oxygen atoms in total. The third kappa shape index (κ3) is 5.61. The number of carbonyl (C=O) groups excluding carboxylic acids is 2. The Morgan fingerprint density at radius 2 is 1.97 bits per heavy atom. The summed E-state index contributed by atoms with van der Waals surface area (Å²) >= 11 is 0. The average molecular weight is 430 g/mol. The SMILES string of the molecule is COCOc1cccc2c1C(=O)O[C@@H](C)C(C)=CCC(=O)[C@H]1OC(C)(C)O[C@H]1CC=C2. The lowest BCUT2D eigenvalue weighted by Crippen LogP contribution is -2.31. The minimum atomic E-state index is -0.836. The molecule has 2 heterocycles. The van der Waals surface area contributed by atoms with Gasteiger partial charge in [-0.25, -0.2) is 4.79 Å². The van der Waals surface area contributed by atoms with Gasteiger partial charge < -0.3 is 23.7 Å². The Balaban J connectivity index is 2.01. The van der Waals surface area contributed by atoms with Gasteiger partial charge in [0.05, 0.1) is 6.10 Å². The molecule has 0 saturated carbocycles. The standard InChI is InChI=1S/C24H30O7/c1-15-12-13-18(25)22-20(30-24(3,4)31-22)11-7-9-17-8-6-10-19(28-14-27-5)21(17)23(26)29-16(15)2/h6-10,12,16,20,22H,11,13-14H2,1-5H3/t16-,20-,22+/m0/s1. The fraction of sp³-hybridized carbons (Fsp3) is 0.500. The van der Waals surface area contributed by atoms with Crippen LogP contribution >= 0.6 is 0 Å². The number of benzene rings is 1.